The molecule has 1 aromatic carbocycles. The Balaban J connectivity index is 1.89. The van der Waals surface area contributed by atoms with E-state index in [2.05, 4.69) is 31.3 Å². The molecule has 1 N–H and O–H groups in total. The summed E-state index contributed by atoms with van der Waals surface area (Å²) in [6, 6.07) is 7.95. The molecule has 2 heterocycles. The lowest BCUT2D eigenvalue weighted by Gasteiger charge is -2.12. The number of nitrogens with one attached hydrogen (secondary N) is 1. The summed E-state index contributed by atoms with van der Waals surface area (Å²) >= 11 is 4.58. The van der Waals surface area contributed by atoms with Gasteiger partial charge in [-0.25, -0.2) is 9.78 Å². The lowest BCUT2D eigenvalue weighted by Crippen LogP contribution is -2.27. The van der Waals surface area contributed by atoms with Gasteiger partial charge in [-0.1, -0.05) is 22.0 Å². The Kier molecular flexibility index (Phi) is 6.73. The fraction of sp³-hybridized carbons (Fsp3) is 0.167. The van der Waals surface area contributed by atoms with Crippen molar-refractivity contribution in [3.63, 3.8) is 0 Å². The highest BCUT2D eigenvalue weighted by Gasteiger charge is 2.21. The van der Waals surface area contributed by atoms with E-state index >= 15 is 0 Å². The van der Waals surface area contributed by atoms with E-state index in [-0.39, 0.29) is 18.1 Å². The number of hydrogen-bond donors (Lipinski definition) is 1. The van der Waals surface area contributed by atoms with E-state index in [0.717, 1.165) is 15.2 Å². The molecule has 0 atom stereocenters. The van der Waals surface area contributed by atoms with E-state index in [0.29, 0.717) is 10.8 Å². The van der Waals surface area contributed by atoms with Crippen LogP contribution in [0.25, 0.3) is 5.69 Å². The Hall–Kier alpha value is -3.05. The summed E-state index contributed by atoms with van der Waals surface area (Å²) in [6.07, 6.45) is 1.55. The number of amides is 1. The number of halogens is 1. The van der Waals surface area contributed by atoms with Gasteiger partial charge in [-0.05, 0) is 25.1 Å². The fourth-order valence-electron chi connectivity index (χ4n) is 2.27. The molecule has 29 heavy (non-hydrogen) atoms. The molecule has 0 aliphatic heterocycles. The predicted octanol–water partition coefficient (Wildman–Crippen LogP) is 2.65. The van der Waals surface area contributed by atoms with Crippen LogP contribution in [-0.4, -0.2) is 39.9 Å². The Morgan fingerprint density at radius 2 is 2.14 bits per heavy atom. The SMILES string of the molecule is CCOC(=O)c1nn(-c2cccc(Br)c2)c(=O)cc1OCC(=O)Nc1nccs1. The number of anilines is 1. The second kappa shape index (κ2) is 9.43. The molecule has 11 heteroatoms. The van der Waals surface area contributed by atoms with Crippen LogP contribution in [0.2, 0.25) is 0 Å². The number of benzene rings is 1. The minimum Gasteiger partial charge on any atom is -0.481 e. The largest absolute Gasteiger partial charge is 0.481 e. The Labute approximate surface area is 177 Å². The zero-order chi connectivity index (χ0) is 20.8. The third kappa shape index (κ3) is 5.27. The smallest absolute Gasteiger partial charge is 0.362 e. The van der Waals surface area contributed by atoms with Gasteiger partial charge in [0, 0.05) is 16.0 Å². The van der Waals surface area contributed by atoms with Crippen LogP contribution in [-0.2, 0) is 9.53 Å². The van der Waals surface area contributed by atoms with Crippen molar-refractivity contribution in [2.45, 2.75) is 6.92 Å². The molecule has 0 saturated heterocycles. The third-order valence-electron chi connectivity index (χ3n) is 3.46. The quantitative estimate of drug-likeness (QED) is 0.519. The van der Waals surface area contributed by atoms with Gasteiger partial charge in [-0.3, -0.25) is 14.9 Å². The number of rotatable bonds is 7. The van der Waals surface area contributed by atoms with Gasteiger partial charge < -0.3 is 9.47 Å². The van der Waals surface area contributed by atoms with Gasteiger partial charge in [0.15, 0.2) is 17.5 Å². The molecule has 1 amide bonds. The molecule has 0 fully saturated rings. The number of nitrogens with zero attached hydrogens (tertiary/aromatic N) is 3. The molecule has 3 aromatic rings. The molecule has 0 spiro atoms. The van der Waals surface area contributed by atoms with Crippen LogP contribution in [0.3, 0.4) is 0 Å². The molecule has 0 saturated carbocycles. The first-order chi connectivity index (χ1) is 14.0. The monoisotopic (exact) mass is 478 g/mol. The van der Waals surface area contributed by atoms with Gasteiger partial charge in [-0.15, -0.1) is 11.3 Å². The lowest BCUT2D eigenvalue weighted by molar-refractivity contribution is -0.118. The highest BCUT2D eigenvalue weighted by atomic mass is 79.9. The van der Waals surface area contributed by atoms with Gasteiger partial charge >= 0.3 is 5.97 Å². The highest BCUT2D eigenvalue weighted by Crippen LogP contribution is 2.18. The predicted molar refractivity (Wildman–Crippen MR) is 110 cm³/mol. The number of ether oxygens (including phenoxy) is 2. The van der Waals surface area contributed by atoms with E-state index in [1.54, 1.807) is 42.8 Å². The van der Waals surface area contributed by atoms with E-state index in [4.69, 9.17) is 9.47 Å². The normalized spacial score (nSPS) is 10.4. The first-order valence-electron chi connectivity index (χ1n) is 8.37. The summed E-state index contributed by atoms with van der Waals surface area (Å²) in [7, 11) is 0. The second-order valence-corrected chi connectivity index (χ2v) is 7.29. The molecule has 2 aromatic heterocycles. The van der Waals surface area contributed by atoms with E-state index < -0.39 is 24.0 Å². The van der Waals surface area contributed by atoms with E-state index in [1.807, 2.05) is 0 Å². The van der Waals surface area contributed by atoms with Crippen molar-refractivity contribution >= 4 is 44.3 Å². The van der Waals surface area contributed by atoms with Crippen molar-refractivity contribution < 1.29 is 19.1 Å². The van der Waals surface area contributed by atoms with E-state index in [9.17, 15) is 14.4 Å². The molecule has 9 nitrogen and oxygen atoms in total. The number of esters is 1. The van der Waals surface area contributed by atoms with Crippen LogP contribution in [0.1, 0.15) is 17.4 Å². The summed E-state index contributed by atoms with van der Waals surface area (Å²) in [5.41, 5.74) is -0.303. The van der Waals surface area contributed by atoms with Gasteiger partial charge in [0.05, 0.1) is 18.4 Å². The van der Waals surface area contributed by atoms with Crippen LogP contribution in [0.5, 0.6) is 5.75 Å². The third-order valence-corrected chi connectivity index (χ3v) is 4.64. The maximum absolute atomic E-state index is 12.5. The van der Waals surface area contributed by atoms with Crippen molar-refractivity contribution in [3.05, 3.63) is 62.4 Å². The first kappa shape index (κ1) is 20.7. The van der Waals surface area contributed by atoms with Crippen LogP contribution >= 0.6 is 27.3 Å². The van der Waals surface area contributed by atoms with Crippen molar-refractivity contribution in [2.75, 3.05) is 18.5 Å². The van der Waals surface area contributed by atoms with Crippen LogP contribution in [0, 0.1) is 0 Å². The maximum Gasteiger partial charge on any atom is 0.362 e. The Bertz CT molecular complexity index is 1080. The van der Waals surface area contributed by atoms with Crippen LogP contribution < -0.4 is 15.6 Å². The van der Waals surface area contributed by atoms with Crippen molar-refractivity contribution in [1.29, 1.82) is 0 Å². The molecule has 0 bridgehead atoms. The van der Waals surface area contributed by atoms with Crippen LogP contribution in [0.4, 0.5) is 5.13 Å². The van der Waals surface area contributed by atoms with Gasteiger partial charge in [-0.2, -0.15) is 9.78 Å². The minimum absolute atomic E-state index is 0.112. The molecule has 0 aliphatic rings. The molecule has 0 radical (unpaired) electrons. The first-order valence-corrected chi connectivity index (χ1v) is 10.0. The highest BCUT2D eigenvalue weighted by molar-refractivity contribution is 9.10. The molecular weight excluding hydrogens is 464 g/mol. The molecule has 150 valence electrons. The van der Waals surface area contributed by atoms with Gasteiger partial charge in [0.25, 0.3) is 11.5 Å². The molecule has 0 aliphatic carbocycles. The second-order valence-electron chi connectivity index (χ2n) is 5.48. The zero-order valence-corrected chi connectivity index (χ0v) is 17.5. The minimum atomic E-state index is -0.772. The molecule has 0 unspecified atom stereocenters. The number of carbonyl (C=O) groups excluding carboxylic acids is 2. The van der Waals surface area contributed by atoms with Crippen molar-refractivity contribution in [1.82, 2.24) is 14.8 Å². The Morgan fingerprint density at radius 1 is 1.31 bits per heavy atom. The van der Waals surface area contributed by atoms with Crippen molar-refractivity contribution in [2.24, 2.45) is 0 Å². The van der Waals surface area contributed by atoms with Gasteiger partial charge in [0.1, 0.15) is 0 Å². The average molecular weight is 479 g/mol. The average Bonchev–Trinajstić information content (AvgIpc) is 3.19. The maximum atomic E-state index is 12.5. The van der Waals surface area contributed by atoms with Crippen LogP contribution in [0.15, 0.2) is 51.2 Å². The summed E-state index contributed by atoms with van der Waals surface area (Å²) in [6.45, 7) is 1.32. The van der Waals surface area contributed by atoms with Gasteiger partial charge in [0.2, 0.25) is 5.69 Å². The summed E-state index contributed by atoms with van der Waals surface area (Å²) < 4.78 is 12.2. The Morgan fingerprint density at radius 3 is 2.83 bits per heavy atom. The number of thiazole rings is 1. The number of carbonyl (C=O) groups is 2. The number of aromatic nitrogens is 3. The number of hydrogen-bond acceptors (Lipinski definition) is 8. The molecule has 3 rings (SSSR count). The summed E-state index contributed by atoms with van der Waals surface area (Å²) in [5.74, 6) is -1.41. The zero-order valence-electron chi connectivity index (χ0n) is 15.1. The fourth-order valence-corrected chi connectivity index (χ4v) is 3.20. The van der Waals surface area contributed by atoms with Crippen molar-refractivity contribution in [3.8, 4) is 11.4 Å². The topological polar surface area (TPSA) is 112 Å². The lowest BCUT2D eigenvalue weighted by atomic mass is 10.3. The summed E-state index contributed by atoms with van der Waals surface area (Å²) in [5, 5.41) is 8.76. The molecular formula is C18H15BrN4O5S. The van der Waals surface area contributed by atoms with E-state index in [1.165, 1.54) is 11.3 Å². The standard InChI is InChI=1S/C18H15BrN4O5S/c1-2-27-17(26)16-13(28-10-14(24)21-18-20-6-7-29-18)9-15(25)23(22-16)12-5-3-4-11(19)8-12/h3-9H,2,10H2,1H3,(H,20,21,24). The summed E-state index contributed by atoms with van der Waals surface area (Å²) in [4.78, 5) is 40.8.